The van der Waals surface area contributed by atoms with Crippen LogP contribution in [-0.4, -0.2) is 18.5 Å². The fourth-order valence-electron chi connectivity index (χ4n) is 0.707. The molecule has 1 aromatic rings. The molecule has 0 aromatic heterocycles. The quantitative estimate of drug-likeness (QED) is 0.421. The highest BCUT2D eigenvalue weighted by atomic mass is 16.1. The molecule has 0 aliphatic rings. The van der Waals surface area contributed by atoms with Crippen molar-refractivity contribution in [3.63, 3.8) is 0 Å². The minimum Gasteiger partial charge on any atom is -0.381 e. The molecule has 4 heteroatoms. The SMILES string of the molecule is NC(C=O)=NC=Nc1ccccc1. The van der Waals surface area contributed by atoms with Crippen molar-refractivity contribution in [2.24, 2.45) is 15.7 Å². The Morgan fingerprint density at radius 2 is 2.00 bits per heavy atom. The Morgan fingerprint density at radius 3 is 2.62 bits per heavy atom. The number of benzene rings is 1. The molecule has 2 N–H and O–H groups in total. The van der Waals surface area contributed by atoms with Crippen molar-refractivity contribution in [2.75, 3.05) is 0 Å². The summed E-state index contributed by atoms with van der Waals surface area (Å²) in [6.45, 7) is 0. The van der Waals surface area contributed by atoms with Gasteiger partial charge in [0.25, 0.3) is 0 Å². The topological polar surface area (TPSA) is 67.8 Å². The van der Waals surface area contributed by atoms with Crippen molar-refractivity contribution in [1.29, 1.82) is 0 Å². The second-order valence-electron chi connectivity index (χ2n) is 2.25. The van der Waals surface area contributed by atoms with Gasteiger partial charge in [-0.25, -0.2) is 9.98 Å². The maximum Gasteiger partial charge on any atom is 0.184 e. The number of nitrogens with zero attached hydrogens (tertiary/aromatic N) is 2. The van der Waals surface area contributed by atoms with Crippen molar-refractivity contribution in [3.8, 4) is 0 Å². The lowest BCUT2D eigenvalue weighted by atomic mass is 10.3. The second-order valence-corrected chi connectivity index (χ2v) is 2.25. The lowest BCUT2D eigenvalue weighted by Crippen LogP contribution is -2.12. The van der Waals surface area contributed by atoms with Crippen LogP contribution in [0.4, 0.5) is 5.69 Å². The van der Waals surface area contributed by atoms with Gasteiger partial charge in [0.1, 0.15) is 6.34 Å². The molecule has 0 heterocycles. The normalized spacial score (nSPS) is 11.8. The van der Waals surface area contributed by atoms with Crippen molar-refractivity contribution < 1.29 is 4.79 Å². The number of hydrogen-bond acceptors (Lipinski definition) is 2. The molecule has 0 unspecified atom stereocenters. The van der Waals surface area contributed by atoms with E-state index in [2.05, 4.69) is 9.98 Å². The molecule has 4 nitrogen and oxygen atoms in total. The lowest BCUT2D eigenvalue weighted by molar-refractivity contribution is -0.102. The molecule has 1 aromatic carbocycles. The van der Waals surface area contributed by atoms with E-state index in [9.17, 15) is 4.79 Å². The number of rotatable bonds is 3. The lowest BCUT2D eigenvalue weighted by Gasteiger charge is -1.88. The van der Waals surface area contributed by atoms with Gasteiger partial charge in [0.05, 0.1) is 5.69 Å². The van der Waals surface area contributed by atoms with Crippen LogP contribution in [0.25, 0.3) is 0 Å². The summed E-state index contributed by atoms with van der Waals surface area (Å²) in [5, 5.41) is 0. The number of para-hydroxylation sites is 1. The molecule has 1 rings (SSSR count). The highest BCUT2D eigenvalue weighted by Gasteiger charge is 1.83. The largest absolute Gasteiger partial charge is 0.381 e. The molecule has 13 heavy (non-hydrogen) atoms. The highest BCUT2D eigenvalue weighted by Crippen LogP contribution is 2.07. The van der Waals surface area contributed by atoms with E-state index in [1.807, 2.05) is 30.3 Å². The molecule has 0 aliphatic heterocycles. The number of carbonyl (C=O) groups is 1. The van der Waals surface area contributed by atoms with E-state index in [0.29, 0.717) is 6.29 Å². The van der Waals surface area contributed by atoms with Crippen LogP contribution in [-0.2, 0) is 4.79 Å². The Balaban J connectivity index is 2.65. The summed E-state index contributed by atoms with van der Waals surface area (Å²) in [6.07, 6.45) is 1.72. The van der Waals surface area contributed by atoms with Gasteiger partial charge < -0.3 is 5.73 Å². The smallest absolute Gasteiger partial charge is 0.184 e. The standard InChI is InChI=1S/C9H9N3O/c10-9(6-13)12-7-11-8-4-2-1-3-5-8/h1-7H,(H2,10,11,12). The van der Waals surface area contributed by atoms with Crippen molar-refractivity contribution in [1.82, 2.24) is 0 Å². The number of aldehydes is 1. The van der Waals surface area contributed by atoms with Crippen LogP contribution >= 0.6 is 0 Å². The summed E-state index contributed by atoms with van der Waals surface area (Å²) in [6, 6.07) is 9.26. The molecule has 0 fully saturated rings. The van der Waals surface area contributed by atoms with E-state index in [1.54, 1.807) is 0 Å². The Labute approximate surface area is 75.8 Å². The van der Waals surface area contributed by atoms with E-state index in [-0.39, 0.29) is 5.84 Å². The van der Waals surface area contributed by atoms with E-state index < -0.39 is 0 Å². The molecule has 0 bridgehead atoms. The molecule has 0 atom stereocenters. The Morgan fingerprint density at radius 1 is 1.31 bits per heavy atom. The summed E-state index contributed by atoms with van der Waals surface area (Å²) in [5.74, 6) is -0.0836. The predicted octanol–water partition coefficient (Wildman–Crippen LogP) is 0.902. The van der Waals surface area contributed by atoms with Gasteiger partial charge in [-0.1, -0.05) is 18.2 Å². The van der Waals surface area contributed by atoms with Crippen LogP contribution in [0.2, 0.25) is 0 Å². The van der Waals surface area contributed by atoms with Gasteiger partial charge in [-0.3, -0.25) is 4.79 Å². The van der Waals surface area contributed by atoms with Crippen LogP contribution in [0.5, 0.6) is 0 Å². The first-order valence-electron chi connectivity index (χ1n) is 3.69. The number of nitrogens with two attached hydrogens (primary N) is 1. The molecule has 0 saturated carbocycles. The summed E-state index contributed by atoms with van der Waals surface area (Å²) in [5.41, 5.74) is 5.90. The fraction of sp³-hybridized carbons (Fsp3) is 0. The van der Waals surface area contributed by atoms with E-state index >= 15 is 0 Å². The van der Waals surface area contributed by atoms with Crippen LogP contribution in [0, 0.1) is 0 Å². The van der Waals surface area contributed by atoms with E-state index in [1.165, 1.54) is 6.34 Å². The zero-order valence-electron chi connectivity index (χ0n) is 6.92. The first-order valence-corrected chi connectivity index (χ1v) is 3.69. The summed E-state index contributed by atoms with van der Waals surface area (Å²) < 4.78 is 0. The van der Waals surface area contributed by atoms with Gasteiger partial charge in [-0.15, -0.1) is 0 Å². The molecular weight excluding hydrogens is 166 g/mol. The van der Waals surface area contributed by atoms with Gasteiger partial charge >= 0.3 is 0 Å². The van der Waals surface area contributed by atoms with Gasteiger partial charge in [0, 0.05) is 0 Å². The van der Waals surface area contributed by atoms with Crippen LogP contribution in [0.1, 0.15) is 0 Å². The monoisotopic (exact) mass is 175 g/mol. The number of carbonyl (C=O) groups excluding carboxylic acids is 1. The average molecular weight is 175 g/mol. The number of hydrogen-bond donors (Lipinski definition) is 1. The van der Waals surface area contributed by atoms with E-state index in [0.717, 1.165) is 5.69 Å². The Kier molecular flexibility index (Phi) is 3.38. The molecule has 0 amide bonds. The van der Waals surface area contributed by atoms with Gasteiger partial charge in [0.15, 0.2) is 12.1 Å². The summed E-state index contributed by atoms with van der Waals surface area (Å²) in [7, 11) is 0. The van der Waals surface area contributed by atoms with E-state index in [4.69, 9.17) is 5.73 Å². The number of aliphatic imine (C=N–C) groups is 2. The van der Waals surface area contributed by atoms with Crippen molar-refractivity contribution in [3.05, 3.63) is 30.3 Å². The first kappa shape index (κ1) is 9.12. The maximum atomic E-state index is 10.0. The maximum absolute atomic E-state index is 10.0. The third kappa shape index (κ3) is 3.29. The van der Waals surface area contributed by atoms with Crippen molar-refractivity contribution in [2.45, 2.75) is 0 Å². The predicted molar refractivity (Wildman–Crippen MR) is 52.3 cm³/mol. The fourth-order valence-corrected chi connectivity index (χ4v) is 0.707. The third-order valence-corrected chi connectivity index (χ3v) is 1.29. The zero-order valence-corrected chi connectivity index (χ0v) is 6.92. The van der Waals surface area contributed by atoms with Gasteiger partial charge in [0.2, 0.25) is 0 Å². The molecular formula is C9H9N3O. The molecule has 0 radical (unpaired) electrons. The molecule has 0 aliphatic carbocycles. The van der Waals surface area contributed by atoms with Gasteiger partial charge in [-0.05, 0) is 12.1 Å². The Bertz CT molecular complexity index is 330. The summed E-state index contributed by atoms with van der Waals surface area (Å²) >= 11 is 0. The van der Waals surface area contributed by atoms with Crippen LogP contribution in [0.3, 0.4) is 0 Å². The minimum absolute atomic E-state index is 0.0836. The first-order chi connectivity index (χ1) is 6.33. The third-order valence-electron chi connectivity index (χ3n) is 1.29. The average Bonchev–Trinajstić information content (AvgIpc) is 2.19. The molecule has 0 spiro atoms. The Hall–Kier alpha value is -1.97. The molecule has 0 saturated heterocycles. The molecule has 66 valence electrons. The van der Waals surface area contributed by atoms with Crippen LogP contribution < -0.4 is 5.73 Å². The highest BCUT2D eigenvalue weighted by molar-refractivity contribution is 6.27. The van der Waals surface area contributed by atoms with Gasteiger partial charge in [-0.2, -0.15) is 0 Å². The minimum atomic E-state index is -0.0836. The van der Waals surface area contributed by atoms with Crippen LogP contribution in [0.15, 0.2) is 40.3 Å². The summed E-state index contributed by atoms with van der Waals surface area (Å²) in [4.78, 5) is 17.5. The zero-order chi connectivity index (χ0) is 9.52. The second kappa shape index (κ2) is 4.82. The van der Waals surface area contributed by atoms with Crippen molar-refractivity contribution >= 4 is 24.1 Å². The number of amidine groups is 1.